The van der Waals surface area contributed by atoms with Gasteiger partial charge in [-0.15, -0.1) is 0 Å². The highest BCUT2D eigenvalue weighted by molar-refractivity contribution is 7.92. The van der Waals surface area contributed by atoms with Gasteiger partial charge in [-0.1, -0.05) is 12.1 Å². The maximum atomic E-state index is 14.2. The highest BCUT2D eigenvalue weighted by atomic mass is 32.2. The Bertz CT molecular complexity index is 624. The minimum atomic E-state index is -3.44. The van der Waals surface area contributed by atoms with Crippen molar-refractivity contribution in [3.63, 3.8) is 0 Å². The number of anilines is 1. The summed E-state index contributed by atoms with van der Waals surface area (Å²) in [6.45, 7) is 3.66. The first-order valence-electron chi connectivity index (χ1n) is 7.00. The van der Waals surface area contributed by atoms with Crippen LogP contribution in [0.3, 0.4) is 0 Å². The van der Waals surface area contributed by atoms with Crippen molar-refractivity contribution in [3.8, 4) is 0 Å². The maximum absolute atomic E-state index is 14.2. The summed E-state index contributed by atoms with van der Waals surface area (Å²) in [5, 5.41) is 3.29. The molecular weight excluding hydrogens is 279 g/mol. The van der Waals surface area contributed by atoms with Gasteiger partial charge in [0.15, 0.2) is 0 Å². The molecule has 0 aromatic heterocycles. The Morgan fingerprint density at radius 3 is 2.70 bits per heavy atom. The molecule has 1 N–H and O–H groups in total. The number of halogens is 1. The van der Waals surface area contributed by atoms with Crippen molar-refractivity contribution in [3.05, 3.63) is 29.6 Å². The normalized spacial score (nSPS) is 21.2. The molecule has 3 rings (SSSR count). The fourth-order valence-electron chi connectivity index (χ4n) is 3.36. The first kappa shape index (κ1) is 13.8. The van der Waals surface area contributed by atoms with Crippen LogP contribution in [0.15, 0.2) is 18.2 Å². The van der Waals surface area contributed by atoms with E-state index in [2.05, 4.69) is 5.32 Å². The second kappa shape index (κ2) is 4.70. The number of hydrogen-bond donors (Lipinski definition) is 1. The molecule has 1 aromatic carbocycles. The largest absolute Gasteiger partial charge is 0.317 e. The van der Waals surface area contributed by atoms with Gasteiger partial charge < -0.3 is 5.32 Å². The fourth-order valence-corrected chi connectivity index (χ4v) is 4.58. The number of para-hydroxylation sites is 1. The molecule has 110 valence electrons. The van der Waals surface area contributed by atoms with Crippen LogP contribution < -0.4 is 9.62 Å². The monoisotopic (exact) mass is 298 g/mol. The summed E-state index contributed by atoms with van der Waals surface area (Å²) in [5.74, 6) is -0.440. The smallest absolute Gasteiger partial charge is 0.235 e. The van der Waals surface area contributed by atoms with Crippen LogP contribution in [-0.4, -0.2) is 33.8 Å². The predicted molar refractivity (Wildman–Crippen MR) is 77.0 cm³/mol. The van der Waals surface area contributed by atoms with Crippen molar-refractivity contribution >= 4 is 15.7 Å². The van der Waals surface area contributed by atoms with E-state index in [0.29, 0.717) is 6.54 Å². The van der Waals surface area contributed by atoms with Crippen molar-refractivity contribution in [2.24, 2.45) is 0 Å². The molecule has 6 heteroatoms. The van der Waals surface area contributed by atoms with Gasteiger partial charge in [0, 0.05) is 12.0 Å². The quantitative estimate of drug-likeness (QED) is 0.902. The lowest BCUT2D eigenvalue weighted by Crippen LogP contribution is -2.44. The van der Waals surface area contributed by atoms with E-state index in [4.69, 9.17) is 0 Å². The van der Waals surface area contributed by atoms with E-state index >= 15 is 0 Å². The number of sulfonamides is 1. The number of benzene rings is 1. The van der Waals surface area contributed by atoms with E-state index in [-0.39, 0.29) is 16.9 Å². The molecule has 1 aromatic rings. The average Bonchev–Trinajstić information content (AvgIpc) is 2.77. The Labute approximate surface area is 119 Å². The Hall–Kier alpha value is -1.14. The molecule has 0 bridgehead atoms. The highest BCUT2D eigenvalue weighted by Crippen LogP contribution is 2.48. The van der Waals surface area contributed by atoms with E-state index in [9.17, 15) is 12.8 Å². The Morgan fingerprint density at radius 1 is 1.35 bits per heavy atom. The summed E-state index contributed by atoms with van der Waals surface area (Å²) in [5.41, 5.74) is 0.901. The summed E-state index contributed by atoms with van der Waals surface area (Å²) < 4.78 is 40.1. The molecule has 1 saturated heterocycles. The Kier molecular flexibility index (Phi) is 3.25. The van der Waals surface area contributed by atoms with Crippen molar-refractivity contribution in [2.45, 2.75) is 25.2 Å². The number of hydrogen-bond acceptors (Lipinski definition) is 3. The van der Waals surface area contributed by atoms with Crippen LogP contribution >= 0.6 is 0 Å². The fraction of sp³-hybridized carbons (Fsp3) is 0.571. The average molecular weight is 298 g/mol. The number of piperidine rings is 1. The van der Waals surface area contributed by atoms with Gasteiger partial charge in [0.05, 0.1) is 11.4 Å². The van der Waals surface area contributed by atoms with E-state index in [1.165, 1.54) is 10.4 Å². The molecule has 0 atom stereocenters. The molecule has 0 unspecified atom stereocenters. The molecule has 2 heterocycles. The zero-order valence-electron chi connectivity index (χ0n) is 11.5. The predicted octanol–water partition coefficient (Wildman–Crippen LogP) is 1.62. The van der Waals surface area contributed by atoms with Crippen molar-refractivity contribution in [1.82, 2.24) is 5.32 Å². The highest BCUT2D eigenvalue weighted by Gasteiger charge is 2.47. The lowest BCUT2D eigenvalue weighted by Gasteiger charge is -2.34. The van der Waals surface area contributed by atoms with E-state index < -0.39 is 15.8 Å². The summed E-state index contributed by atoms with van der Waals surface area (Å²) in [6, 6.07) is 4.91. The van der Waals surface area contributed by atoms with Crippen LogP contribution in [0, 0.1) is 5.82 Å². The molecule has 1 fully saturated rings. The SMILES string of the molecule is CCS(=O)(=O)N1CC2(CCNCC2)c2cccc(F)c21. The van der Waals surface area contributed by atoms with Crippen molar-refractivity contribution in [1.29, 1.82) is 0 Å². The lowest BCUT2D eigenvalue weighted by atomic mass is 9.75. The summed E-state index contributed by atoms with van der Waals surface area (Å²) in [7, 11) is -3.44. The van der Waals surface area contributed by atoms with Crippen LogP contribution in [0.1, 0.15) is 25.3 Å². The maximum Gasteiger partial charge on any atom is 0.235 e. The number of fused-ring (bicyclic) bond motifs is 2. The second-order valence-electron chi connectivity index (χ2n) is 5.57. The third-order valence-electron chi connectivity index (χ3n) is 4.52. The molecule has 0 radical (unpaired) electrons. The number of rotatable bonds is 2. The van der Waals surface area contributed by atoms with Crippen LogP contribution in [-0.2, 0) is 15.4 Å². The standard InChI is InChI=1S/C14H19FN2O2S/c1-2-20(18,19)17-10-14(6-8-16-9-7-14)11-4-3-5-12(15)13(11)17/h3-5,16H,2,6-10H2,1H3. The number of nitrogens with zero attached hydrogens (tertiary/aromatic N) is 1. The van der Waals surface area contributed by atoms with Gasteiger partial charge in [-0.2, -0.15) is 0 Å². The van der Waals surface area contributed by atoms with Gasteiger partial charge >= 0.3 is 0 Å². The van der Waals surface area contributed by atoms with Gasteiger partial charge in [-0.05, 0) is 44.5 Å². The first-order chi connectivity index (χ1) is 9.50. The van der Waals surface area contributed by atoms with E-state index in [1.54, 1.807) is 13.0 Å². The van der Waals surface area contributed by atoms with Gasteiger partial charge in [-0.3, -0.25) is 4.31 Å². The third-order valence-corrected chi connectivity index (χ3v) is 6.23. The van der Waals surface area contributed by atoms with Crippen LogP contribution in [0.5, 0.6) is 0 Å². The first-order valence-corrected chi connectivity index (χ1v) is 8.61. The zero-order chi connectivity index (χ0) is 14.4. The molecular formula is C14H19FN2O2S. The van der Waals surface area contributed by atoms with Crippen molar-refractivity contribution < 1.29 is 12.8 Å². The molecule has 1 spiro atoms. The van der Waals surface area contributed by atoms with Crippen LogP contribution in [0.2, 0.25) is 0 Å². The molecule has 20 heavy (non-hydrogen) atoms. The molecule has 0 aliphatic carbocycles. The van der Waals surface area contributed by atoms with Gasteiger partial charge in [-0.25, -0.2) is 12.8 Å². The summed E-state index contributed by atoms with van der Waals surface area (Å²) in [6.07, 6.45) is 1.69. The van der Waals surface area contributed by atoms with Gasteiger partial charge in [0.25, 0.3) is 0 Å². The van der Waals surface area contributed by atoms with Crippen molar-refractivity contribution in [2.75, 3.05) is 29.7 Å². The Balaban J connectivity index is 2.16. The summed E-state index contributed by atoms with van der Waals surface area (Å²) >= 11 is 0. The summed E-state index contributed by atoms with van der Waals surface area (Å²) in [4.78, 5) is 0. The molecule has 0 saturated carbocycles. The molecule has 0 amide bonds. The van der Waals surface area contributed by atoms with Gasteiger partial charge in [0.1, 0.15) is 5.82 Å². The van der Waals surface area contributed by atoms with Crippen LogP contribution in [0.4, 0.5) is 10.1 Å². The molecule has 2 aliphatic heterocycles. The Morgan fingerprint density at radius 2 is 2.05 bits per heavy atom. The molecule has 4 nitrogen and oxygen atoms in total. The minimum Gasteiger partial charge on any atom is -0.317 e. The number of nitrogens with one attached hydrogen (secondary N) is 1. The topological polar surface area (TPSA) is 49.4 Å². The van der Waals surface area contributed by atoms with Crippen LogP contribution in [0.25, 0.3) is 0 Å². The lowest BCUT2D eigenvalue weighted by molar-refractivity contribution is 0.330. The molecule has 2 aliphatic rings. The van der Waals surface area contributed by atoms with E-state index in [1.807, 2.05) is 6.07 Å². The van der Waals surface area contributed by atoms with Gasteiger partial charge in [0.2, 0.25) is 10.0 Å². The third kappa shape index (κ3) is 1.93. The zero-order valence-corrected chi connectivity index (χ0v) is 12.3. The van der Waals surface area contributed by atoms with E-state index in [0.717, 1.165) is 31.5 Å². The minimum absolute atomic E-state index is 0.00486. The second-order valence-corrected chi connectivity index (χ2v) is 7.76.